The van der Waals surface area contributed by atoms with Gasteiger partial charge in [-0.25, -0.2) is 0 Å². The van der Waals surface area contributed by atoms with E-state index in [1.807, 2.05) is 24.3 Å². The summed E-state index contributed by atoms with van der Waals surface area (Å²) in [5, 5.41) is 9.87. The van der Waals surface area contributed by atoms with Crippen LogP contribution in [0.2, 0.25) is 0 Å². The molecule has 4 heteroatoms. The lowest BCUT2D eigenvalue weighted by molar-refractivity contribution is 0.000997. The minimum atomic E-state index is -0.595. The Morgan fingerprint density at radius 3 is 2.70 bits per heavy atom. The molecule has 1 atom stereocenters. The number of hydrogen-bond acceptors (Lipinski definition) is 4. The zero-order valence-corrected chi connectivity index (χ0v) is 12.0. The molecule has 1 aromatic carbocycles. The summed E-state index contributed by atoms with van der Waals surface area (Å²) < 4.78 is 11.2. The first-order chi connectivity index (χ1) is 9.79. The van der Waals surface area contributed by atoms with E-state index in [9.17, 15) is 5.11 Å². The van der Waals surface area contributed by atoms with Crippen molar-refractivity contribution in [1.29, 1.82) is 0 Å². The van der Waals surface area contributed by atoms with Gasteiger partial charge in [0.05, 0.1) is 6.61 Å². The highest BCUT2D eigenvalue weighted by Crippen LogP contribution is 2.24. The maximum Gasteiger partial charge on any atom is 0.123 e. The summed E-state index contributed by atoms with van der Waals surface area (Å²) in [6.07, 6.45) is 4.56. The summed E-state index contributed by atoms with van der Waals surface area (Å²) in [5.41, 5.74) is 6.59. The molecule has 0 saturated heterocycles. The van der Waals surface area contributed by atoms with Crippen molar-refractivity contribution in [2.45, 2.75) is 38.3 Å². The van der Waals surface area contributed by atoms with Gasteiger partial charge < -0.3 is 20.3 Å². The molecule has 1 aliphatic carbocycles. The number of para-hydroxylation sites is 1. The number of benzene rings is 1. The van der Waals surface area contributed by atoms with Crippen LogP contribution in [0.15, 0.2) is 24.3 Å². The first kappa shape index (κ1) is 15.3. The van der Waals surface area contributed by atoms with Crippen LogP contribution in [0.5, 0.6) is 5.75 Å². The van der Waals surface area contributed by atoms with Gasteiger partial charge in [0.1, 0.15) is 18.5 Å². The van der Waals surface area contributed by atoms with Crippen molar-refractivity contribution in [2.75, 3.05) is 19.8 Å². The molecule has 0 spiro atoms. The van der Waals surface area contributed by atoms with Crippen LogP contribution in [0.3, 0.4) is 0 Å². The summed E-state index contributed by atoms with van der Waals surface area (Å²) in [5.74, 6) is 1.42. The molecule has 20 heavy (non-hydrogen) atoms. The summed E-state index contributed by atoms with van der Waals surface area (Å²) in [7, 11) is 0. The van der Waals surface area contributed by atoms with E-state index in [0.29, 0.717) is 19.1 Å². The van der Waals surface area contributed by atoms with Crippen molar-refractivity contribution >= 4 is 0 Å². The standard InChI is InChI=1S/C16H25NO3/c17-9-14-7-3-4-8-16(14)20-12-15(18)11-19-10-13-5-1-2-6-13/h3-4,7-8,13,15,18H,1-2,5-6,9-12,17H2. The van der Waals surface area contributed by atoms with Gasteiger partial charge in [0, 0.05) is 18.7 Å². The predicted molar refractivity (Wildman–Crippen MR) is 78.6 cm³/mol. The smallest absolute Gasteiger partial charge is 0.123 e. The van der Waals surface area contributed by atoms with Gasteiger partial charge in [-0.3, -0.25) is 0 Å². The number of hydrogen-bond donors (Lipinski definition) is 2. The van der Waals surface area contributed by atoms with E-state index in [4.69, 9.17) is 15.2 Å². The van der Waals surface area contributed by atoms with Crippen molar-refractivity contribution in [2.24, 2.45) is 11.7 Å². The van der Waals surface area contributed by atoms with Crippen molar-refractivity contribution in [3.63, 3.8) is 0 Å². The number of nitrogens with two attached hydrogens (primary N) is 1. The molecular weight excluding hydrogens is 254 g/mol. The molecule has 0 amide bonds. The highest BCUT2D eigenvalue weighted by Gasteiger charge is 2.16. The quantitative estimate of drug-likeness (QED) is 0.765. The first-order valence-corrected chi connectivity index (χ1v) is 7.46. The summed E-state index contributed by atoms with van der Waals surface area (Å²) in [6, 6.07) is 7.63. The van der Waals surface area contributed by atoms with Crippen LogP contribution >= 0.6 is 0 Å². The van der Waals surface area contributed by atoms with Gasteiger partial charge in [-0.05, 0) is 24.8 Å². The van der Waals surface area contributed by atoms with Gasteiger partial charge >= 0.3 is 0 Å². The summed E-state index contributed by atoms with van der Waals surface area (Å²) in [4.78, 5) is 0. The number of aliphatic hydroxyl groups is 1. The molecule has 0 radical (unpaired) electrons. The normalized spacial score (nSPS) is 17.3. The monoisotopic (exact) mass is 279 g/mol. The Morgan fingerprint density at radius 2 is 1.95 bits per heavy atom. The van der Waals surface area contributed by atoms with Crippen LogP contribution < -0.4 is 10.5 Å². The summed E-state index contributed by atoms with van der Waals surface area (Å²) in [6.45, 7) is 1.77. The van der Waals surface area contributed by atoms with E-state index in [-0.39, 0.29) is 6.61 Å². The van der Waals surface area contributed by atoms with Crippen LogP contribution in [0, 0.1) is 5.92 Å². The van der Waals surface area contributed by atoms with Crippen LogP contribution in [-0.2, 0) is 11.3 Å². The third kappa shape index (κ3) is 4.78. The minimum Gasteiger partial charge on any atom is -0.490 e. The van der Waals surface area contributed by atoms with Crippen LogP contribution in [0.1, 0.15) is 31.2 Å². The molecule has 4 nitrogen and oxygen atoms in total. The van der Waals surface area contributed by atoms with Crippen LogP contribution in [0.25, 0.3) is 0 Å². The second-order valence-electron chi connectivity index (χ2n) is 5.46. The highest BCUT2D eigenvalue weighted by molar-refractivity contribution is 5.32. The number of rotatable bonds is 8. The third-order valence-electron chi connectivity index (χ3n) is 3.76. The van der Waals surface area contributed by atoms with Crippen molar-refractivity contribution < 1.29 is 14.6 Å². The van der Waals surface area contributed by atoms with Crippen LogP contribution in [-0.4, -0.2) is 31.0 Å². The fourth-order valence-corrected chi connectivity index (χ4v) is 2.60. The van der Waals surface area contributed by atoms with E-state index in [0.717, 1.165) is 17.9 Å². The molecule has 0 bridgehead atoms. The zero-order valence-electron chi connectivity index (χ0n) is 12.0. The molecule has 112 valence electrons. The Morgan fingerprint density at radius 1 is 1.20 bits per heavy atom. The van der Waals surface area contributed by atoms with Gasteiger partial charge in [-0.15, -0.1) is 0 Å². The van der Waals surface area contributed by atoms with Gasteiger partial charge in [0.15, 0.2) is 0 Å². The van der Waals surface area contributed by atoms with Crippen molar-refractivity contribution in [1.82, 2.24) is 0 Å². The molecule has 0 heterocycles. The zero-order chi connectivity index (χ0) is 14.2. The molecule has 1 fully saturated rings. The Hall–Kier alpha value is -1.10. The average Bonchev–Trinajstić information content (AvgIpc) is 2.98. The molecule has 1 unspecified atom stereocenters. The lowest BCUT2D eigenvalue weighted by Crippen LogP contribution is -2.25. The predicted octanol–water partition coefficient (Wildman–Crippen LogP) is 2.09. The molecule has 0 aromatic heterocycles. The SMILES string of the molecule is NCc1ccccc1OCC(O)COCC1CCCC1. The maximum atomic E-state index is 9.87. The molecule has 1 aliphatic rings. The molecule has 0 aliphatic heterocycles. The molecule has 1 saturated carbocycles. The van der Waals surface area contributed by atoms with Gasteiger partial charge in [0.25, 0.3) is 0 Å². The van der Waals surface area contributed by atoms with E-state index in [1.54, 1.807) is 0 Å². The van der Waals surface area contributed by atoms with E-state index >= 15 is 0 Å². The van der Waals surface area contributed by atoms with E-state index < -0.39 is 6.10 Å². The minimum absolute atomic E-state index is 0.238. The lowest BCUT2D eigenvalue weighted by Gasteiger charge is -2.16. The lowest BCUT2D eigenvalue weighted by atomic mass is 10.1. The second kappa shape index (κ2) is 8.25. The largest absolute Gasteiger partial charge is 0.490 e. The second-order valence-corrected chi connectivity index (χ2v) is 5.46. The van der Waals surface area contributed by atoms with E-state index in [1.165, 1.54) is 25.7 Å². The average molecular weight is 279 g/mol. The Labute approximate surface area is 120 Å². The van der Waals surface area contributed by atoms with Crippen molar-refractivity contribution in [3.05, 3.63) is 29.8 Å². The third-order valence-corrected chi connectivity index (χ3v) is 3.76. The Bertz CT molecular complexity index is 391. The fraction of sp³-hybridized carbons (Fsp3) is 0.625. The molecule has 3 N–H and O–H groups in total. The van der Waals surface area contributed by atoms with Gasteiger partial charge in [-0.1, -0.05) is 31.0 Å². The molecule has 1 aromatic rings. The summed E-state index contributed by atoms with van der Waals surface area (Å²) >= 11 is 0. The first-order valence-electron chi connectivity index (χ1n) is 7.46. The maximum absolute atomic E-state index is 9.87. The van der Waals surface area contributed by atoms with Gasteiger partial charge in [-0.2, -0.15) is 0 Å². The van der Waals surface area contributed by atoms with Crippen LogP contribution in [0.4, 0.5) is 0 Å². The number of aliphatic hydroxyl groups excluding tert-OH is 1. The van der Waals surface area contributed by atoms with Gasteiger partial charge in [0.2, 0.25) is 0 Å². The fourth-order valence-electron chi connectivity index (χ4n) is 2.60. The van der Waals surface area contributed by atoms with E-state index in [2.05, 4.69) is 0 Å². The van der Waals surface area contributed by atoms with Crippen molar-refractivity contribution in [3.8, 4) is 5.75 Å². The molecular formula is C16H25NO3. The highest BCUT2D eigenvalue weighted by atomic mass is 16.5. The Balaban J connectivity index is 1.65. The Kier molecular flexibility index (Phi) is 6.30. The molecule has 2 rings (SSSR count). The topological polar surface area (TPSA) is 64.7 Å². The number of ether oxygens (including phenoxy) is 2.